The van der Waals surface area contributed by atoms with Gasteiger partial charge in [-0.3, -0.25) is 4.79 Å². The van der Waals surface area contributed by atoms with Crippen molar-refractivity contribution in [3.8, 4) is 0 Å². The molecule has 3 heteroatoms. The molecule has 0 saturated heterocycles. The van der Waals surface area contributed by atoms with Crippen molar-refractivity contribution < 1.29 is 9.53 Å². The number of ether oxygens (including phenoxy) is 1. The second kappa shape index (κ2) is 6.00. The molecule has 0 rings (SSSR count). The van der Waals surface area contributed by atoms with Gasteiger partial charge in [-0.05, 0) is 26.3 Å². The van der Waals surface area contributed by atoms with E-state index in [0.717, 1.165) is 6.54 Å². The van der Waals surface area contributed by atoms with Gasteiger partial charge in [0.15, 0.2) is 0 Å². The summed E-state index contributed by atoms with van der Waals surface area (Å²) >= 11 is 0. The quantitative estimate of drug-likeness (QED) is 0.634. The van der Waals surface area contributed by atoms with Gasteiger partial charge in [0, 0.05) is 0 Å². The molecule has 1 unspecified atom stereocenters. The van der Waals surface area contributed by atoms with Crippen LogP contribution in [0.2, 0.25) is 0 Å². The van der Waals surface area contributed by atoms with Crippen LogP contribution in [0.5, 0.6) is 0 Å². The minimum atomic E-state index is -0.188. The Kier molecular flexibility index (Phi) is 5.72. The van der Waals surface area contributed by atoms with Crippen LogP contribution in [0, 0.1) is 5.92 Å². The molecule has 0 aliphatic rings. The van der Waals surface area contributed by atoms with Crippen LogP contribution in [0.15, 0.2) is 0 Å². The maximum absolute atomic E-state index is 11.1. The number of nitrogens with one attached hydrogen (secondary N) is 1. The maximum atomic E-state index is 11.1. The van der Waals surface area contributed by atoms with Gasteiger partial charge in [0.25, 0.3) is 0 Å². The Labute approximate surface area is 74.5 Å². The summed E-state index contributed by atoms with van der Waals surface area (Å²) < 4.78 is 4.83. The second-order valence-electron chi connectivity index (χ2n) is 3.28. The fraction of sp³-hybridized carbons (Fsp3) is 0.889. The Bertz CT molecular complexity index is 134. The van der Waals surface area contributed by atoms with Crippen molar-refractivity contribution in [1.82, 2.24) is 5.32 Å². The summed E-state index contributed by atoms with van der Waals surface area (Å²) in [4.78, 5) is 11.1. The average Bonchev–Trinajstić information content (AvgIpc) is 2.00. The van der Waals surface area contributed by atoms with Gasteiger partial charge in [0.05, 0.1) is 6.61 Å². The SMILES string of the molecule is CCOC(=O)C(C)NCC(C)C. The Morgan fingerprint density at radius 2 is 2.00 bits per heavy atom. The van der Waals surface area contributed by atoms with Crippen molar-refractivity contribution in [3.05, 3.63) is 0 Å². The van der Waals surface area contributed by atoms with Gasteiger partial charge in [0.2, 0.25) is 0 Å². The number of carbonyl (C=O) groups is 1. The minimum Gasteiger partial charge on any atom is -0.465 e. The first-order valence-electron chi connectivity index (χ1n) is 4.48. The number of carbonyl (C=O) groups excluding carboxylic acids is 1. The van der Waals surface area contributed by atoms with Gasteiger partial charge in [-0.2, -0.15) is 0 Å². The molecule has 72 valence electrons. The fourth-order valence-electron chi connectivity index (χ4n) is 0.763. The third kappa shape index (κ3) is 5.13. The Morgan fingerprint density at radius 1 is 1.42 bits per heavy atom. The van der Waals surface area contributed by atoms with Crippen molar-refractivity contribution in [2.45, 2.75) is 33.7 Å². The normalized spacial score (nSPS) is 13.1. The van der Waals surface area contributed by atoms with Gasteiger partial charge in [-0.15, -0.1) is 0 Å². The third-order valence-electron chi connectivity index (χ3n) is 1.47. The van der Waals surface area contributed by atoms with E-state index in [-0.39, 0.29) is 12.0 Å². The molecule has 0 amide bonds. The molecule has 0 heterocycles. The Hall–Kier alpha value is -0.570. The van der Waals surface area contributed by atoms with Crippen molar-refractivity contribution in [2.24, 2.45) is 5.92 Å². The molecule has 0 bridgehead atoms. The van der Waals surface area contributed by atoms with Crippen LogP contribution >= 0.6 is 0 Å². The molecule has 3 nitrogen and oxygen atoms in total. The molecule has 0 fully saturated rings. The van der Waals surface area contributed by atoms with Crippen molar-refractivity contribution in [1.29, 1.82) is 0 Å². The van der Waals surface area contributed by atoms with Crippen LogP contribution in [-0.2, 0) is 9.53 Å². The molecular weight excluding hydrogens is 154 g/mol. The van der Waals surface area contributed by atoms with Crippen LogP contribution in [0.4, 0.5) is 0 Å². The zero-order chi connectivity index (χ0) is 9.56. The van der Waals surface area contributed by atoms with Crippen LogP contribution in [0.1, 0.15) is 27.7 Å². The van der Waals surface area contributed by atoms with Crippen molar-refractivity contribution >= 4 is 5.97 Å². The molecule has 1 atom stereocenters. The van der Waals surface area contributed by atoms with E-state index in [0.29, 0.717) is 12.5 Å². The lowest BCUT2D eigenvalue weighted by Crippen LogP contribution is -2.37. The number of esters is 1. The average molecular weight is 173 g/mol. The zero-order valence-corrected chi connectivity index (χ0v) is 8.39. The summed E-state index contributed by atoms with van der Waals surface area (Å²) in [6.07, 6.45) is 0. The minimum absolute atomic E-state index is 0.168. The predicted octanol–water partition coefficient (Wildman–Crippen LogP) is 1.18. The number of rotatable bonds is 5. The van der Waals surface area contributed by atoms with E-state index < -0.39 is 0 Å². The van der Waals surface area contributed by atoms with Crippen LogP contribution in [0.3, 0.4) is 0 Å². The lowest BCUT2D eigenvalue weighted by atomic mass is 10.2. The van der Waals surface area contributed by atoms with E-state index in [4.69, 9.17) is 4.74 Å². The lowest BCUT2D eigenvalue weighted by molar-refractivity contribution is -0.145. The van der Waals surface area contributed by atoms with Crippen LogP contribution < -0.4 is 5.32 Å². The largest absolute Gasteiger partial charge is 0.465 e. The molecule has 0 saturated carbocycles. The summed E-state index contributed by atoms with van der Waals surface area (Å²) in [5.74, 6) is 0.389. The summed E-state index contributed by atoms with van der Waals surface area (Å²) in [5.41, 5.74) is 0. The zero-order valence-electron chi connectivity index (χ0n) is 8.39. The Balaban J connectivity index is 3.56. The topological polar surface area (TPSA) is 38.3 Å². The third-order valence-corrected chi connectivity index (χ3v) is 1.47. The van der Waals surface area contributed by atoms with Crippen LogP contribution in [-0.4, -0.2) is 25.2 Å². The molecular formula is C9H19NO2. The number of hydrogen-bond donors (Lipinski definition) is 1. The first-order valence-corrected chi connectivity index (χ1v) is 4.48. The molecule has 0 aliphatic carbocycles. The first-order chi connectivity index (χ1) is 5.57. The molecule has 1 N–H and O–H groups in total. The highest BCUT2D eigenvalue weighted by Crippen LogP contribution is 1.92. The molecule has 0 radical (unpaired) electrons. The number of hydrogen-bond acceptors (Lipinski definition) is 3. The molecule has 0 aliphatic heterocycles. The fourth-order valence-corrected chi connectivity index (χ4v) is 0.763. The van der Waals surface area contributed by atoms with Gasteiger partial charge >= 0.3 is 5.97 Å². The highest BCUT2D eigenvalue weighted by atomic mass is 16.5. The highest BCUT2D eigenvalue weighted by Gasteiger charge is 2.12. The maximum Gasteiger partial charge on any atom is 0.322 e. The molecule has 12 heavy (non-hydrogen) atoms. The van der Waals surface area contributed by atoms with E-state index in [1.807, 2.05) is 13.8 Å². The first kappa shape index (κ1) is 11.4. The molecule has 0 spiro atoms. The predicted molar refractivity (Wildman–Crippen MR) is 48.9 cm³/mol. The van der Waals surface area contributed by atoms with Gasteiger partial charge in [0.1, 0.15) is 6.04 Å². The van der Waals surface area contributed by atoms with E-state index in [1.165, 1.54) is 0 Å². The smallest absolute Gasteiger partial charge is 0.322 e. The molecule has 0 aromatic rings. The van der Waals surface area contributed by atoms with E-state index in [9.17, 15) is 4.79 Å². The molecule has 0 aromatic carbocycles. The van der Waals surface area contributed by atoms with Crippen molar-refractivity contribution in [3.63, 3.8) is 0 Å². The standard InChI is InChI=1S/C9H19NO2/c1-5-12-9(11)8(4)10-6-7(2)3/h7-8,10H,5-6H2,1-4H3. The summed E-state index contributed by atoms with van der Waals surface area (Å²) in [6, 6.07) is -0.188. The van der Waals surface area contributed by atoms with Crippen molar-refractivity contribution in [2.75, 3.05) is 13.2 Å². The summed E-state index contributed by atoms with van der Waals surface area (Å²) in [7, 11) is 0. The lowest BCUT2D eigenvalue weighted by Gasteiger charge is -2.13. The summed E-state index contributed by atoms with van der Waals surface area (Å²) in [5, 5.41) is 3.09. The van der Waals surface area contributed by atoms with Gasteiger partial charge in [-0.25, -0.2) is 0 Å². The van der Waals surface area contributed by atoms with E-state index in [2.05, 4.69) is 19.2 Å². The van der Waals surface area contributed by atoms with Gasteiger partial charge < -0.3 is 10.1 Å². The van der Waals surface area contributed by atoms with Gasteiger partial charge in [-0.1, -0.05) is 13.8 Å². The Morgan fingerprint density at radius 3 is 2.42 bits per heavy atom. The highest BCUT2D eigenvalue weighted by molar-refractivity contribution is 5.75. The van der Waals surface area contributed by atoms with E-state index >= 15 is 0 Å². The van der Waals surface area contributed by atoms with E-state index in [1.54, 1.807) is 0 Å². The monoisotopic (exact) mass is 173 g/mol. The summed E-state index contributed by atoms with van der Waals surface area (Å²) in [6.45, 7) is 9.13. The second-order valence-corrected chi connectivity index (χ2v) is 3.28. The van der Waals surface area contributed by atoms with Crippen LogP contribution in [0.25, 0.3) is 0 Å². The molecule has 0 aromatic heterocycles.